The first kappa shape index (κ1) is 26.1. The molecule has 11 heteroatoms. The number of nitrogens with one attached hydrogen (secondary N) is 1. The van der Waals surface area contributed by atoms with Crippen LogP contribution < -0.4 is 5.32 Å². The molecule has 192 valence electrons. The molecular weight excluding hydrogens is 501 g/mol. The Kier molecular flexibility index (Phi) is 6.93. The maximum Gasteiger partial charge on any atom is 0.410 e. The van der Waals surface area contributed by atoms with Gasteiger partial charge in [-0.2, -0.15) is 0 Å². The molecule has 37 heavy (non-hydrogen) atoms. The second-order valence-electron chi connectivity index (χ2n) is 10.1. The smallest absolute Gasteiger partial charge is 0.410 e. The van der Waals surface area contributed by atoms with E-state index in [1.807, 2.05) is 6.92 Å². The number of carbonyl (C=O) groups excluding carboxylic acids is 1. The zero-order valence-electron chi connectivity index (χ0n) is 20.8. The van der Waals surface area contributed by atoms with Crippen LogP contribution in [-0.4, -0.2) is 44.6 Å². The first-order chi connectivity index (χ1) is 17.3. The van der Waals surface area contributed by atoms with Crippen LogP contribution in [0.2, 0.25) is 5.02 Å². The van der Waals surface area contributed by atoms with E-state index in [1.54, 1.807) is 31.7 Å². The molecule has 0 saturated carbocycles. The van der Waals surface area contributed by atoms with Crippen molar-refractivity contribution in [1.29, 1.82) is 0 Å². The molecule has 4 rings (SSSR count). The molecule has 0 bridgehead atoms. The Labute approximate surface area is 218 Å². The number of aromatic nitrogens is 2. The number of hydrogen-bond acceptors (Lipinski definition) is 7. The molecule has 1 aromatic heterocycles. The van der Waals surface area contributed by atoms with Crippen LogP contribution in [0.5, 0.6) is 0 Å². The van der Waals surface area contributed by atoms with E-state index in [1.165, 1.54) is 30.6 Å². The van der Waals surface area contributed by atoms with Crippen molar-refractivity contribution in [2.24, 2.45) is 5.41 Å². The summed E-state index contributed by atoms with van der Waals surface area (Å²) in [7, 11) is 0. The lowest BCUT2D eigenvalue weighted by Crippen LogP contribution is -2.36. The third-order valence-electron chi connectivity index (χ3n) is 5.78. The van der Waals surface area contributed by atoms with Crippen LogP contribution in [0.25, 0.3) is 10.9 Å². The van der Waals surface area contributed by atoms with E-state index < -0.39 is 27.8 Å². The first-order valence-electron chi connectivity index (χ1n) is 11.5. The predicted molar refractivity (Wildman–Crippen MR) is 138 cm³/mol. The second-order valence-corrected chi connectivity index (χ2v) is 10.5. The number of nitro benzene ring substituents is 1. The molecule has 2 aromatic carbocycles. The van der Waals surface area contributed by atoms with E-state index in [0.29, 0.717) is 30.4 Å². The number of anilines is 2. The van der Waals surface area contributed by atoms with Crippen molar-refractivity contribution in [3.63, 3.8) is 0 Å². The lowest BCUT2D eigenvalue weighted by atomic mass is 9.90. The molecule has 1 amide bonds. The van der Waals surface area contributed by atoms with Gasteiger partial charge in [-0.25, -0.2) is 19.2 Å². The van der Waals surface area contributed by atoms with Gasteiger partial charge in [0.1, 0.15) is 23.3 Å². The summed E-state index contributed by atoms with van der Waals surface area (Å²) in [6.07, 6.45) is 1.46. The zero-order chi connectivity index (χ0) is 27.0. The minimum Gasteiger partial charge on any atom is -0.444 e. The largest absolute Gasteiger partial charge is 0.444 e. The molecule has 3 aromatic rings. The maximum atomic E-state index is 14.4. The zero-order valence-corrected chi connectivity index (χ0v) is 21.5. The van der Waals surface area contributed by atoms with Crippen LogP contribution in [0.4, 0.5) is 26.4 Å². The van der Waals surface area contributed by atoms with Crippen LogP contribution in [0.3, 0.4) is 0 Å². The van der Waals surface area contributed by atoms with Gasteiger partial charge in [0.2, 0.25) is 0 Å². The quantitative estimate of drug-likeness (QED) is 0.251. The highest BCUT2D eigenvalue weighted by Gasteiger charge is 2.36. The molecule has 0 spiro atoms. The minimum atomic E-state index is -0.668. The number of likely N-dealkylation sites (tertiary alicyclic amines) is 1. The Balaban J connectivity index is 1.66. The van der Waals surface area contributed by atoms with Crippen molar-refractivity contribution in [3.8, 4) is 11.8 Å². The number of carbonyl (C=O) groups is 1. The van der Waals surface area contributed by atoms with Gasteiger partial charge in [-0.15, -0.1) is 0 Å². The van der Waals surface area contributed by atoms with E-state index in [-0.39, 0.29) is 27.8 Å². The number of nitro groups is 1. The van der Waals surface area contributed by atoms with E-state index in [4.69, 9.17) is 16.3 Å². The van der Waals surface area contributed by atoms with Crippen molar-refractivity contribution in [3.05, 3.63) is 63.2 Å². The molecule has 1 aliphatic rings. The number of rotatable bonds is 3. The average molecular weight is 526 g/mol. The van der Waals surface area contributed by atoms with Crippen molar-refractivity contribution < 1.29 is 18.8 Å². The van der Waals surface area contributed by atoms with Crippen LogP contribution in [0.1, 0.15) is 39.7 Å². The minimum absolute atomic E-state index is 0.0717. The lowest BCUT2D eigenvalue weighted by Gasteiger charge is -2.25. The van der Waals surface area contributed by atoms with Crippen molar-refractivity contribution >= 4 is 45.8 Å². The summed E-state index contributed by atoms with van der Waals surface area (Å²) >= 11 is 5.86. The highest BCUT2D eigenvalue weighted by molar-refractivity contribution is 6.31. The molecule has 0 unspecified atom stereocenters. The first-order valence-corrected chi connectivity index (χ1v) is 11.9. The Hall–Kier alpha value is -3.97. The van der Waals surface area contributed by atoms with Gasteiger partial charge < -0.3 is 15.0 Å². The van der Waals surface area contributed by atoms with E-state index in [0.717, 1.165) is 0 Å². The summed E-state index contributed by atoms with van der Waals surface area (Å²) in [6.45, 7) is 8.12. The molecule has 1 fully saturated rings. The fourth-order valence-electron chi connectivity index (χ4n) is 3.93. The molecule has 1 atom stereocenters. The van der Waals surface area contributed by atoms with Gasteiger partial charge >= 0.3 is 6.09 Å². The average Bonchev–Trinajstić information content (AvgIpc) is 3.22. The summed E-state index contributed by atoms with van der Waals surface area (Å²) < 4.78 is 19.8. The fourth-order valence-corrected chi connectivity index (χ4v) is 4.11. The molecular formula is C26H25ClFN5O4. The number of fused-ring (bicyclic) bond motifs is 1. The van der Waals surface area contributed by atoms with Gasteiger partial charge in [0.05, 0.1) is 21.2 Å². The van der Waals surface area contributed by atoms with Gasteiger partial charge in [0.15, 0.2) is 5.82 Å². The summed E-state index contributed by atoms with van der Waals surface area (Å²) in [5.74, 6) is 5.57. The van der Waals surface area contributed by atoms with E-state index >= 15 is 0 Å². The standard InChI is InChI=1S/C26H25ClFN5O4/c1-25(2,3)37-24(34)32-11-10-26(4,14-32)9-8-16-12-20-17(13-21(16)33(35)36)23(30-15-29-20)31-19-7-5-6-18(27)22(19)28/h5-7,12-13,15H,10-11,14H2,1-4H3,(H,29,30,31)/t26-/m0/s1. The van der Waals surface area contributed by atoms with E-state index in [2.05, 4.69) is 27.1 Å². The van der Waals surface area contributed by atoms with Gasteiger partial charge in [-0.1, -0.05) is 29.5 Å². The Morgan fingerprint density at radius 3 is 2.78 bits per heavy atom. The third-order valence-corrected chi connectivity index (χ3v) is 6.07. The molecule has 1 N–H and O–H groups in total. The van der Waals surface area contributed by atoms with Crippen molar-refractivity contribution in [2.75, 3.05) is 18.4 Å². The number of benzene rings is 2. The van der Waals surface area contributed by atoms with Crippen molar-refractivity contribution in [1.82, 2.24) is 14.9 Å². The fraction of sp³-hybridized carbons (Fsp3) is 0.346. The highest BCUT2D eigenvalue weighted by Crippen LogP contribution is 2.33. The third kappa shape index (κ3) is 5.89. The molecule has 1 aliphatic heterocycles. The summed E-state index contributed by atoms with van der Waals surface area (Å²) in [6, 6.07) is 7.28. The molecule has 1 saturated heterocycles. The van der Waals surface area contributed by atoms with Crippen LogP contribution in [-0.2, 0) is 4.74 Å². The molecule has 0 aliphatic carbocycles. The predicted octanol–water partition coefficient (Wildman–Crippen LogP) is 6.07. The molecule has 0 radical (unpaired) electrons. The number of ether oxygens (including phenoxy) is 1. The summed E-state index contributed by atoms with van der Waals surface area (Å²) in [5, 5.41) is 15.0. The Morgan fingerprint density at radius 1 is 1.32 bits per heavy atom. The van der Waals surface area contributed by atoms with Crippen LogP contribution in [0.15, 0.2) is 36.7 Å². The molecule has 9 nitrogen and oxygen atoms in total. The topological polar surface area (TPSA) is 110 Å². The van der Waals surface area contributed by atoms with Gasteiger partial charge in [0, 0.05) is 30.0 Å². The summed E-state index contributed by atoms with van der Waals surface area (Å²) in [4.78, 5) is 33.8. The van der Waals surface area contributed by atoms with Crippen LogP contribution >= 0.6 is 11.6 Å². The SMILES string of the molecule is CC(C)(C)OC(=O)N1CC[C@](C)(C#Cc2cc3ncnc(Nc4cccc(Cl)c4F)c3cc2[N+](=O)[O-])C1. The maximum absolute atomic E-state index is 14.4. The lowest BCUT2D eigenvalue weighted by molar-refractivity contribution is -0.385. The highest BCUT2D eigenvalue weighted by atomic mass is 35.5. The van der Waals surface area contributed by atoms with E-state index in [9.17, 15) is 19.3 Å². The monoisotopic (exact) mass is 525 g/mol. The number of nitrogens with zero attached hydrogens (tertiary/aromatic N) is 4. The number of amides is 1. The van der Waals surface area contributed by atoms with Gasteiger partial charge in [0.25, 0.3) is 5.69 Å². The molecule has 2 heterocycles. The van der Waals surface area contributed by atoms with Crippen LogP contribution in [0, 0.1) is 33.2 Å². The van der Waals surface area contributed by atoms with Gasteiger partial charge in [-0.05, 0) is 52.3 Å². The summed E-state index contributed by atoms with van der Waals surface area (Å²) in [5.41, 5.74) is -0.781. The second kappa shape index (κ2) is 9.82. The number of hydrogen-bond donors (Lipinski definition) is 1. The van der Waals surface area contributed by atoms with Gasteiger partial charge in [-0.3, -0.25) is 10.1 Å². The number of halogens is 2. The van der Waals surface area contributed by atoms with Crippen molar-refractivity contribution in [2.45, 2.75) is 39.7 Å². The Morgan fingerprint density at radius 2 is 2.08 bits per heavy atom. The Bertz CT molecular complexity index is 1460. The normalized spacial score (nSPS) is 17.3.